The van der Waals surface area contributed by atoms with Crippen LogP contribution in [0.2, 0.25) is 0 Å². The van der Waals surface area contributed by atoms with Gasteiger partial charge >= 0.3 is 0 Å². The van der Waals surface area contributed by atoms with Crippen LogP contribution in [-0.2, 0) is 19.5 Å². The van der Waals surface area contributed by atoms with Crippen LogP contribution in [0.25, 0.3) is 11.0 Å². The standard InChI is InChI=1S/C17H14N4O/c22-17-15-10-19-9-5-13(15)14-2-1-6-20-16(14)21(17)11-12-3-7-18-8-4-12/h1-4,6-9H,5,10-11H2. The number of nitrogens with zero attached hydrogens (tertiary/aromatic N) is 4. The van der Waals surface area contributed by atoms with Crippen molar-refractivity contribution in [3.8, 4) is 0 Å². The zero-order valence-corrected chi connectivity index (χ0v) is 11.9. The topological polar surface area (TPSA) is 60.1 Å². The molecule has 0 aromatic carbocycles. The average molecular weight is 290 g/mol. The highest BCUT2D eigenvalue weighted by Gasteiger charge is 2.18. The van der Waals surface area contributed by atoms with Crippen molar-refractivity contribution in [1.29, 1.82) is 0 Å². The predicted octanol–water partition coefficient (Wildman–Crippen LogP) is 1.97. The first kappa shape index (κ1) is 12.9. The third-order valence-electron chi connectivity index (χ3n) is 4.00. The zero-order valence-electron chi connectivity index (χ0n) is 11.9. The number of hydrogen-bond donors (Lipinski definition) is 0. The van der Waals surface area contributed by atoms with Crippen molar-refractivity contribution >= 4 is 17.2 Å². The number of rotatable bonds is 2. The van der Waals surface area contributed by atoms with Gasteiger partial charge in [-0.25, -0.2) is 4.98 Å². The second-order valence-electron chi connectivity index (χ2n) is 5.31. The molecular weight excluding hydrogens is 276 g/mol. The monoisotopic (exact) mass is 290 g/mol. The number of hydrogen-bond acceptors (Lipinski definition) is 4. The quantitative estimate of drug-likeness (QED) is 0.725. The molecule has 108 valence electrons. The largest absolute Gasteiger partial charge is 0.292 e. The van der Waals surface area contributed by atoms with E-state index >= 15 is 0 Å². The van der Waals surface area contributed by atoms with E-state index in [0.717, 1.165) is 27.7 Å². The van der Waals surface area contributed by atoms with Crippen molar-refractivity contribution in [3.05, 3.63) is 69.9 Å². The fourth-order valence-electron chi connectivity index (χ4n) is 2.92. The van der Waals surface area contributed by atoms with Gasteiger partial charge in [0.2, 0.25) is 0 Å². The van der Waals surface area contributed by atoms with Crippen LogP contribution in [0.1, 0.15) is 16.7 Å². The van der Waals surface area contributed by atoms with Crippen LogP contribution in [0.5, 0.6) is 0 Å². The van der Waals surface area contributed by atoms with Crippen molar-refractivity contribution in [2.75, 3.05) is 0 Å². The second kappa shape index (κ2) is 5.18. The normalized spacial score (nSPS) is 13.3. The van der Waals surface area contributed by atoms with E-state index in [0.29, 0.717) is 19.5 Å². The van der Waals surface area contributed by atoms with E-state index in [1.165, 1.54) is 0 Å². The fourth-order valence-corrected chi connectivity index (χ4v) is 2.92. The predicted molar refractivity (Wildman–Crippen MR) is 85.2 cm³/mol. The van der Waals surface area contributed by atoms with E-state index in [1.807, 2.05) is 30.5 Å². The maximum absolute atomic E-state index is 12.9. The molecule has 0 fully saturated rings. The minimum atomic E-state index is 0.00913. The van der Waals surface area contributed by atoms with Gasteiger partial charge in [0, 0.05) is 42.2 Å². The summed E-state index contributed by atoms with van der Waals surface area (Å²) in [7, 11) is 0. The Morgan fingerprint density at radius 3 is 2.82 bits per heavy atom. The van der Waals surface area contributed by atoms with Crippen LogP contribution >= 0.6 is 0 Å². The molecule has 4 heterocycles. The smallest absolute Gasteiger partial charge is 0.257 e. The lowest BCUT2D eigenvalue weighted by Gasteiger charge is -2.17. The van der Waals surface area contributed by atoms with Gasteiger partial charge in [-0.15, -0.1) is 0 Å². The third-order valence-corrected chi connectivity index (χ3v) is 4.00. The SMILES string of the molecule is O=c1c2c(c3cccnc3n1Cc1ccncc1)CC=NC2. The highest BCUT2D eigenvalue weighted by Crippen LogP contribution is 2.22. The lowest BCUT2D eigenvalue weighted by molar-refractivity contribution is 0.759. The molecule has 4 rings (SSSR count). The molecule has 0 spiro atoms. The summed E-state index contributed by atoms with van der Waals surface area (Å²) in [5, 5.41) is 1.04. The summed E-state index contributed by atoms with van der Waals surface area (Å²) in [5.74, 6) is 0. The first-order chi connectivity index (χ1) is 10.8. The summed E-state index contributed by atoms with van der Waals surface area (Å²) in [6, 6.07) is 7.77. The van der Waals surface area contributed by atoms with Gasteiger partial charge in [0.25, 0.3) is 5.56 Å². The van der Waals surface area contributed by atoms with Crippen molar-refractivity contribution < 1.29 is 0 Å². The van der Waals surface area contributed by atoms with Crippen LogP contribution in [0.4, 0.5) is 0 Å². The van der Waals surface area contributed by atoms with Crippen molar-refractivity contribution in [3.63, 3.8) is 0 Å². The summed E-state index contributed by atoms with van der Waals surface area (Å²) in [4.78, 5) is 25.6. The van der Waals surface area contributed by atoms with E-state index in [1.54, 1.807) is 23.2 Å². The highest BCUT2D eigenvalue weighted by molar-refractivity contribution is 5.84. The van der Waals surface area contributed by atoms with Gasteiger partial charge in [-0.05, 0) is 35.4 Å². The highest BCUT2D eigenvalue weighted by atomic mass is 16.1. The lowest BCUT2D eigenvalue weighted by atomic mass is 10.00. The second-order valence-corrected chi connectivity index (χ2v) is 5.31. The molecule has 0 bridgehead atoms. The van der Waals surface area contributed by atoms with Gasteiger partial charge in [0.1, 0.15) is 5.65 Å². The summed E-state index contributed by atoms with van der Waals surface area (Å²) in [6.45, 7) is 0.946. The maximum Gasteiger partial charge on any atom is 0.257 e. The van der Waals surface area contributed by atoms with Crippen LogP contribution in [0, 0.1) is 0 Å². The molecule has 0 saturated carbocycles. The lowest BCUT2D eigenvalue weighted by Crippen LogP contribution is -2.28. The summed E-state index contributed by atoms with van der Waals surface area (Å²) in [6.07, 6.45) is 7.77. The number of pyridine rings is 3. The van der Waals surface area contributed by atoms with E-state index in [9.17, 15) is 4.79 Å². The molecule has 0 N–H and O–H groups in total. The number of aliphatic imine (C=N–C) groups is 1. The Balaban J connectivity index is 1.99. The zero-order chi connectivity index (χ0) is 14.9. The van der Waals surface area contributed by atoms with Crippen LogP contribution < -0.4 is 5.56 Å². The minimum Gasteiger partial charge on any atom is -0.292 e. The molecule has 1 aliphatic rings. The van der Waals surface area contributed by atoms with Crippen LogP contribution in [-0.4, -0.2) is 20.7 Å². The van der Waals surface area contributed by atoms with Crippen LogP contribution in [0.15, 0.2) is 52.6 Å². The van der Waals surface area contributed by atoms with Gasteiger partial charge < -0.3 is 0 Å². The molecular formula is C17H14N4O. The molecule has 0 aliphatic carbocycles. The minimum absolute atomic E-state index is 0.00913. The Hall–Kier alpha value is -2.82. The van der Waals surface area contributed by atoms with Crippen molar-refractivity contribution in [2.24, 2.45) is 4.99 Å². The number of aromatic nitrogens is 3. The van der Waals surface area contributed by atoms with E-state index in [4.69, 9.17) is 0 Å². The molecule has 1 aliphatic heterocycles. The van der Waals surface area contributed by atoms with Gasteiger partial charge in [-0.3, -0.25) is 19.3 Å². The van der Waals surface area contributed by atoms with Crippen LogP contribution in [0.3, 0.4) is 0 Å². The average Bonchev–Trinajstić information content (AvgIpc) is 2.59. The van der Waals surface area contributed by atoms with E-state index in [2.05, 4.69) is 15.0 Å². The Kier molecular flexibility index (Phi) is 3.04. The molecule has 0 unspecified atom stereocenters. The molecule has 0 amide bonds. The molecule has 22 heavy (non-hydrogen) atoms. The summed E-state index contributed by atoms with van der Waals surface area (Å²) >= 11 is 0. The molecule has 0 atom stereocenters. The molecule has 5 heteroatoms. The van der Waals surface area contributed by atoms with Gasteiger partial charge in [0.15, 0.2) is 0 Å². The molecule has 3 aromatic heterocycles. The van der Waals surface area contributed by atoms with Crippen molar-refractivity contribution in [2.45, 2.75) is 19.5 Å². The fraction of sp³-hybridized carbons (Fsp3) is 0.176. The van der Waals surface area contributed by atoms with Crippen molar-refractivity contribution in [1.82, 2.24) is 14.5 Å². The first-order valence-electron chi connectivity index (χ1n) is 7.21. The molecule has 0 saturated heterocycles. The summed E-state index contributed by atoms with van der Waals surface area (Å²) in [5.41, 5.74) is 3.63. The third kappa shape index (κ3) is 2.02. The van der Waals surface area contributed by atoms with Gasteiger partial charge in [-0.1, -0.05) is 0 Å². The Bertz CT molecular complexity index is 929. The van der Waals surface area contributed by atoms with E-state index in [-0.39, 0.29) is 5.56 Å². The number of fused-ring (bicyclic) bond motifs is 3. The first-order valence-corrected chi connectivity index (χ1v) is 7.21. The van der Waals surface area contributed by atoms with Gasteiger partial charge in [0.05, 0.1) is 13.1 Å². The maximum atomic E-state index is 12.9. The Labute approximate surface area is 127 Å². The molecule has 0 radical (unpaired) electrons. The van der Waals surface area contributed by atoms with E-state index < -0.39 is 0 Å². The summed E-state index contributed by atoms with van der Waals surface area (Å²) < 4.78 is 1.74. The van der Waals surface area contributed by atoms with Gasteiger partial charge in [-0.2, -0.15) is 0 Å². The Morgan fingerprint density at radius 2 is 1.95 bits per heavy atom. The Morgan fingerprint density at radius 1 is 1.09 bits per heavy atom. The molecule has 3 aromatic rings. The molecule has 5 nitrogen and oxygen atoms in total.